The van der Waals surface area contributed by atoms with E-state index in [-0.39, 0.29) is 36.6 Å². The number of esters is 1. The van der Waals surface area contributed by atoms with E-state index >= 15 is 0 Å². The maximum Gasteiger partial charge on any atom is 0.308 e. The number of ether oxygens (including phenoxy) is 1. The van der Waals surface area contributed by atoms with Gasteiger partial charge in [0.05, 0.1) is 18.3 Å². The van der Waals surface area contributed by atoms with Crippen LogP contribution in [0.1, 0.15) is 37.7 Å². The third-order valence-corrected chi connectivity index (χ3v) is 5.53. The molecule has 1 N–H and O–H groups in total. The normalized spacial score (nSPS) is 21.4. The Kier molecular flexibility index (Phi) is 6.34. The highest BCUT2D eigenvalue weighted by molar-refractivity contribution is 6.30. The Morgan fingerprint density at radius 1 is 1.18 bits per heavy atom. The van der Waals surface area contributed by atoms with Crippen molar-refractivity contribution < 1.29 is 23.9 Å². The van der Waals surface area contributed by atoms with Crippen molar-refractivity contribution in [2.45, 2.75) is 39.0 Å². The fraction of sp³-hybridized carbons (Fsp3) is 0.500. The van der Waals surface area contributed by atoms with Crippen molar-refractivity contribution in [3.05, 3.63) is 28.8 Å². The van der Waals surface area contributed by atoms with Gasteiger partial charge < -0.3 is 10.1 Å². The Bertz CT molecular complexity index is 786. The zero-order valence-electron chi connectivity index (χ0n) is 15.7. The van der Waals surface area contributed by atoms with Gasteiger partial charge in [-0.3, -0.25) is 24.1 Å². The number of benzene rings is 1. The van der Waals surface area contributed by atoms with Crippen LogP contribution in [0.2, 0.25) is 5.02 Å². The standard InChI is InChI=1S/C20H23ClN2O5/c1-12-10-13(21)6-7-16(12)22-17(24)11-28-18(25)8-9-23-19(26)14-4-2-3-5-15(14)20(23)27/h6-7,10,14-15H,2-5,8-9,11H2,1H3,(H,22,24)/t14-,15-/m0/s1. The van der Waals surface area contributed by atoms with E-state index in [1.807, 2.05) is 0 Å². The van der Waals surface area contributed by atoms with Crippen LogP contribution in [0.25, 0.3) is 0 Å². The van der Waals surface area contributed by atoms with E-state index in [0.29, 0.717) is 10.7 Å². The molecule has 2 fully saturated rings. The Hall–Kier alpha value is -2.41. The molecule has 0 aromatic heterocycles. The zero-order valence-corrected chi connectivity index (χ0v) is 16.5. The Morgan fingerprint density at radius 3 is 2.43 bits per heavy atom. The molecule has 0 radical (unpaired) electrons. The van der Waals surface area contributed by atoms with E-state index in [1.54, 1.807) is 25.1 Å². The molecule has 1 aliphatic heterocycles. The number of rotatable bonds is 6. The lowest BCUT2D eigenvalue weighted by molar-refractivity contribution is -0.148. The minimum atomic E-state index is -0.626. The minimum Gasteiger partial charge on any atom is -0.456 e. The number of likely N-dealkylation sites (tertiary alicyclic amines) is 1. The van der Waals surface area contributed by atoms with Crippen LogP contribution in [-0.2, 0) is 23.9 Å². The monoisotopic (exact) mass is 406 g/mol. The first-order valence-electron chi connectivity index (χ1n) is 9.43. The molecule has 1 aromatic rings. The van der Waals surface area contributed by atoms with Crippen molar-refractivity contribution in [3.63, 3.8) is 0 Å². The fourth-order valence-corrected chi connectivity index (χ4v) is 4.05. The highest BCUT2D eigenvalue weighted by Crippen LogP contribution is 2.37. The number of anilines is 1. The van der Waals surface area contributed by atoms with Gasteiger partial charge in [-0.25, -0.2) is 0 Å². The van der Waals surface area contributed by atoms with Crippen LogP contribution in [0.15, 0.2) is 18.2 Å². The average molecular weight is 407 g/mol. The summed E-state index contributed by atoms with van der Waals surface area (Å²) >= 11 is 5.87. The third-order valence-electron chi connectivity index (χ3n) is 5.30. The quantitative estimate of drug-likeness (QED) is 0.579. The number of imide groups is 1. The summed E-state index contributed by atoms with van der Waals surface area (Å²) in [5.74, 6) is -1.93. The molecule has 0 spiro atoms. The summed E-state index contributed by atoms with van der Waals surface area (Å²) in [4.78, 5) is 49.8. The second-order valence-corrected chi connectivity index (χ2v) is 7.68. The topological polar surface area (TPSA) is 92.8 Å². The summed E-state index contributed by atoms with van der Waals surface area (Å²) in [7, 11) is 0. The molecule has 0 unspecified atom stereocenters. The Morgan fingerprint density at radius 2 is 1.82 bits per heavy atom. The van der Waals surface area contributed by atoms with Gasteiger partial charge >= 0.3 is 5.97 Å². The summed E-state index contributed by atoms with van der Waals surface area (Å²) in [5.41, 5.74) is 1.38. The number of amides is 3. The van der Waals surface area contributed by atoms with Crippen molar-refractivity contribution in [1.29, 1.82) is 0 Å². The van der Waals surface area contributed by atoms with E-state index in [1.165, 1.54) is 4.90 Å². The lowest BCUT2D eigenvalue weighted by Crippen LogP contribution is -2.33. The number of nitrogens with one attached hydrogen (secondary N) is 1. The Labute approximate surface area is 168 Å². The number of aryl methyl sites for hydroxylation is 1. The first-order chi connectivity index (χ1) is 13.4. The first-order valence-corrected chi connectivity index (χ1v) is 9.81. The van der Waals surface area contributed by atoms with Gasteiger partial charge in [-0.05, 0) is 43.5 Å². The molecular formula is C20H23ClN2O5. The van der Waals surface area contributed by atoms with Gasteiger partial charge in [0.2, 0.25) is 11.8 Å². The van der Waals surface area contributed by atoms with E-state index in [2.05, 4.69) is 5.32 Å². The molecule has 1 saturated carbocycles. The predicted molar refractivity (Wildman–Crippen MR) is 103 cm³/mol. The molecular weight excluding hydrogens is 384 g/mol. The molecule has 150 valence electrons. The molecule has 2 aliphatic rings. The molecule has 28 heavy (non-hydrogen) atoms. The van der Waals surface area contributed by atoms with E-state index in [9.17, 15) is 19.2 Å². The highest BCUT2D eigenvalue weighted by atomic mass is 35.5. The van der Waals surface area contributed by atoms with Crippen LogP contribution in [0.3, 0.4) is 0 Å². The lowest BCUT2D eigenvalue weighted by Gasteiger charge is -2.19. The van der Waals surface area contributed by atoms with Gasteiger partial charge in [0, 0.05) is 17.3 Å². The molecule has 3 rings (SSSR count). The van der Waals surface area contributed by atoms with Gasteiger partial charge in [-0.2, -0.15) is 0 Å². The van der Waals surface area contributed by atoms with Crippen molar-refractivity contribution >= 4 is 41.0 Å². The number of nitrogens with zero attached hydrogens (tertiary/aromatic N) is 1. The van der Waals surface area contributed by atoms with Crippen molar-refractivity contribution in [2.24, 2.45) is 11.8 Å². The van der Waals surface area contributed by atoms with Gasteiger partial charge in [0.1, 0.15) is 0 Å². The van der Waals surface area contributed by atoms with Crippen LogP contribution in [0.4, 0.5) is 5.69 Å². The summed E-state index contributed by atoms with van der Waals surface area (Å²) in [5, 5.41) is 3.21. The fourth-order valence-electron chi connectivity index (χ4n) is 3.83. The Balaban J connectivity index is 1.44. The smallest absolute Gasteiger partial charge is 0.308 e. The SMILES string of the molecule is Cc1cc(Cl)ccc1NC(=O)COC(=O)CCN1C(=O)[C@H]2CCCC[C@@H]2C1=O. The molecule has 7 nitrogen and oxygen atoms in total. The second-order valence-electron chi connectivity index (χ2n) is 7.24. The maximum absolute atomic E-state index is 12.4. The molecule has 1 saturated heterocycles. The van der Waals surface area contributed by atoms with E-state index in [4.69, 9.17) is 16.3 Å². The molecule has 2 atom stereocenters. The minimum absolute atomic E-state index is 0.00140. The molecule has 0 bridgehead atoms. The van der Waals surface area contributed by atoms with Crippen molar-refractivity contribution in [1.82, 2.24) is 4.90 Å². The highest BCUT2D eigenvalue weighted by Gasteiger charge is 2.47. The molecule has 8 heteroatoms. The average Bonchev–Trinajstić information content (AvgIpc) is 2.91. The van der Waals surface area contributed by atoms with Crippen molar-refractivity contribution in [3.8, 4) is 0 Å². The summed E-state index contributed by atoms with van der Waals surface area (Å²) in [6.07, 6.45) is 3.27. The summed E-state index contributed by atoms with van der Waals surface area (Å²) in [6.45, 7) is 1.37. The number of hydrogen-bond acceptors (Lipinski definition) is 5. The van der Waals surface area contributed by atoms with Crippen LogP contribution in [-0.4, -0.2) is 41.7 Å². The zero-order chi connectivity index (χ0) is 20.3. The van der Waals surface area contributed by atoms with Gasteiger partial charge in [-0.15, -0.1) is 0 Å². The second kappa shape index (κ2) is 8.73. The van der Waals surface area contributed by atoms with E-state index in [0.717, 1.165) is 31.2 Å². The summed E-state index contributed by atoms with van der Waals surface area (Å²) in [6, 6.07) is 5.03. The predicted octanol–water partition coefficient (Wildman–Crippen LogP) is 2.70. The van der Waals surface area contributed by atoms with E-state index < -0.39 is 18.5 Å². The molecule has 3 amide bonds. The van der Waals surface area contributed by atoms with Crippen LogP contribution in [0.5, 0.6) is 0 Å². The molecule has 1 aromatic carbocycles. The number of halogens is 1. The maximum atomic E-state index is 12.4. The van der Waals surface area contributed by atoms with Gasteiger partial charge in [-0.1, -0.05) is 24.4 Å². The number of carbonyl (C=O) groups excluding carboxylic acids is 4. The number of carbonyl (C=O) groups is 4. The largest absolute Gasteiger partial charge is 0.456 e. The van der Waals surface area contributed by atoms with Crippen molar-refractivity contribution in [2.75, 3.05) is 18.5 Å². The summed E-state index contributed by atoms with van der Waals surface area (Å²) < 4.78 is 4.96. The van der Waals surface area contributed by atoms with Crippen LogP contribution >= 0.6 is 11.6 Å². The molecule has 1 heterocycles. The third kappa shape index (κ3) is 4.52. The lowest BCUT2D eigenvalue weighted by atomic mass is 9.81. The van der Waals surface area contributed by atoms with Gasteiger partial charge in [0.15, 0.2) is 6.61 Å². The number of hydrogen-bond donors (Lipinski definition) is 1. The van der Waals surface area contributed by atoms with Crippen LogP contribution in [0, 0.1) is 18.8 Å². The number of fused-ring (bicyclic) bond motifs is 1. The van der Waals surface area contributed by atoms with Gasteiger partial charge in [0.25, 0.3) is 5.91 Å². The first kappa shape index (κ1) is 20.3. The molecule has 1 aliphatic carbocycles. The van der Waals surface area contributed by atoms with Crippen LogP contribution < -0.4 is 5.32 Å².